The van der Waals surface area contributed by atoms with Gasteiger partial charge < -0.3 is 10.8 Å². The molecule has 0 unspecified atom stereocenters. The zero-order chi connectivity index (χ0) is 21.7. The van der Waals surface area contributed by atoms with E-state index in [0.717, 1.165) is 37.7 Å². The molecule has 0 bridgehead atoms. The van der Waals surface area contributed by atoms with Gasteiger partial charge in [-0.25, -0.2) is 9.98 Å². The van der Waals surface area contributed by atoms with Crippen LogP contribution in [0.25, 0.3) is 0 Å². The van der Waals surface area contributed by atoms with E-state index in [0.29, 0.717) is 10.6 Å². The van der Waals surface area contributed by atoms with E-state index in [4.69, 9.17) is 10.3 Å². The summed E-state index contributed by atoms with van der Waals surface area (Å²) in [7, 11) is 0. The molecule has 1 aliphatic rings. The van der Waals surface area contributed by atoms with Crippen LogP contribution in [0, 0.1) is 22.7 Å². The van der Waals surface area contributed by atoms with E-state index in [1.807, 2.05) is 24.9 Å². The summed E-state index contributed by atoms with van der Waals surface area (Å²) in [5.74, 6) is -0.457. The molecule has 0 spiro atoms. The first kappa shape index (κ1) is 21.4. The number of nitrogen functional groups attached to an aromatic ring is 1. The summed E-state index contributed by atoms with van der Waals surface area (Å²) in [4.78, 5) is 9.66. The molecule has 0 amide bonds. The fourth-order valence-corrected chi connectivity index (χ4v) is 4.07. The van der Waals surface area contributed by atoms with Crippen molar-refractivity contribution < 1.29 is 14.4 Å². The van der Waals surface area contributed by atoms with Gasteiger partial charge in [0, 0.05) is 5.75 Å². The highest BCUT2D eigenvalue weighted by molar-refractivity contribution is 7.99. The third-order valence-corrected chi connectivity index (χ3v) is 5.63. The van der Waals surface area contributed by atoms with Crippen LogP contribution in [0.15, 0.2) is 20.7 Å². The van der Waals surface area contributed by atoms with Gasteiger partial charge in [-0.05, 0) is 36.6 Å². The van der Waals surface area contributed by atoms with Crippen LogP contribution in [0.5, 0.6) is 0 Å². The summed E-state index contributed by atoms with van der Waals surface area (Å²) in [6, 6.07) is 4.11. The standard InChI is InChI=1S/C19H22N8O2S/c1-12(2)17-13(8-20)18(22)24-19(14(17)9-21)30-11-15(28)23-16-10-27(25-29-16)26-6-4-3-5-7-26/h10,12H,3-7,11H2,1-2H3,(H2-,22,23,24,25,28). The van der Waals surface area contributed by atoms with Crippen molar-refractivity contribution in [2.24, 2.45) is 4.99 Å². The Morgan fingerprint density at radius 3 is 2.67 bits per heavy atom. The number of nitrogens with zero attached hydrogens (tertiary/aromatic N) is 7. The number of anilines is 1. The zero-order valence-corrected chi connectivity index (χ0v) is 17.6. The molecule has 30 heavy (non-hydrogen) atoms. The maximum Gasteiger partial charge on any atom is 0.324 e. The van der Waals surface area contributed by atoms with E-state index in [2.05, 4.69) is 21.3 Å². The van der Waals surface area contributed by atoms with Gasteiger partial charge in [0.25, 0.3) is 6.20 Å². The van der Waals surface area contributed by atoms with Crippen LogP contribution in [0.2, 0.25) is 0 Å². The summed E-state index contributed by atoms with van der Waals surface area (Å²) in [6.45, 7) is 5.49. The molecule has 3 rings (SSSR count). The number of aromatic nitrogens is 3. The van der Waals surface area contributed by atoms with Crippen LogP contribution < -0.4 is 20.6 Å². The molecule has 156 valence electrons. The van der Waals surface area contributed by atoms with Crippen molar-refractivity contribution >= 4 is 29.4 Å². The van der Waals surface area contributed by atoms with Gasteiger partial charge in [0.1, 0.15) is 23.0 Å². The topological polar surface area (TPSA) is 155 Å². The second kappa shape index (κ2) is 9.46. The van der Waals surface area contributed by atoms with Crippen molar-refractivity contribution in [3.63, 3.8) is 0 Å². The molecule has 0 radical (unpaired) electrons. The Labute approximate surface area is 178 Å². The number of nitrogens with two attached hydrogens (primary N) is 1. The number of nitriles is 2. The number of hydrogen-bond acceptors (Lipinski definition) is 10. The molecule has 2 N–H and O–H groups in total. The van der Waals surface area contributed by atoms with Crippen LogP contribution in [0.4, 0.5) is 11.7 Å². The van der Waals surface area contributed by atoms with Crippen molar-refractivity contribution in [1.82, 2.24) is 10.3 Å². The summed E-state index contributed by atoms with van der Waals surface area (Å²) >= 11 is 1.05. The summed E-state index contributed by atoms with van der Waals surface area (Å²) in [6.07, 6.45) is 4.94. The number of rotatable bonds is 6. The number of hydrogen-bond donors (Lipinski definition) is 1. The molecule has 0 atom stereocenters. The predicted molar refractivity (Wildman–Crippen MR) is 108 cm³/mol. The molecule has 1 saturated heterocycles. The molecular weight excluding hydrogens is 404 g/mol. The average molecular weight is 427 g/mol. The summed E-state index contributed by atoms with van der Waals surface area (Å²) < 4.78 is 5.14. The van der Waals surface area contributed by atoms with Gasteiger partial charge in [0.2, 0.25) is 5.27 Å². The first-order valence-electron chi connectivity index (χ1n) is 9.59. The van der Waals surface area contributed by atoms with E-state index in [-0.39, 0.29) is 34.5 Å². The molecule has 0 aromatic carbocycles. The van der Waals surface area contributed by atoms with Gasteiger partial charge in [-0.15, -0.1) is 0 Å². The Hall–Kier alpha value is -3.31. The van der Waals surface area contributed by atoms with Gasteiger partial charge in [0.15, 0.2) is 0 Å². The van der Waals surface area contributed by atoms with Crippen molar-refractivity contribution in [3.8, 4) is 12.1 Å². The van der Waals surface area contributed by atoms with Crippen LogP contribution in [-0.4, -0.2) is 35.0 Å². The minimum atomic E-state index is -0.457. The molecule has 0 aliphatic carbocycles. The fraction of sp³-hybridized carbons (Fsp3) is 0.474. The van der Waals surface area contributed by atoms with Crippen LogP contribution >= 0.6 is 11.8 Å². The monoisotopic (exact) mass is 426 g/mol. The minimum absolute atomic E-state index is 0.0462. The molecular formula is C19H22N8O2S. The Morgan fingerprint density at radius 1 is 1.33 bits per heavy atom. The first-order chi connectivity index (χ1) is 14.4. The third-order valence-electron chi connectivity index (χ3n) is 4.67. The molecule has 10 nitrogen and oxygen atoms in total. The van der Waals surface area contributed by atoms with Crippen molar-refractivity contribution in [3.05, 3.63) is 22.9 Å². The summed E-state index contributed by atoms with van der Waals surface area (Å²) in [5, 5.41) is 37.5. The van der Waals surface area contributed by atoms with Crippen molar-refractivity contribution in [2.45, 2.75) is 44.1 Å². The highest BCUT2D eigenvalue weighted by Gasteiger charge is 2.23. The van der Waals surface area contributed by atoms with Gasteiger partial charge >= 0.3 is 5.88 Å². The van der Waals surface area contributed by atoms with E-state index < -0.39 is 5.90 Å². The van der Waals surface area contributed by atoms with Crippen LogP contribution in [-0.2, 0) is 0 Å². The number of thioether (sulfide) groups is 1. The normalized spacial score (nSPS) is 14.6. The molecule has 1 aliphatic heterocycles. The molecule has 11 heteroatoms. The maximum atomic E-state index is 12.3. The smallest absolute Gasteiger partial charge is 0.324 e. The molecule has 3 heterocycles. The van der Waals surface area contributed by atoms with Gasteiger partial charge in [-0.3, -0.25) is 4.52 Å². The molecule has 2 aromatic heterocycles. The SMILES string of the molecule is CC(C)c1c(C#N)c(N)nc(SC/C([O-])=N/c2c[n+](N3CCCCC3)no2)c1C#N. The van der Waals surface area contributed by atoms with Crippen molar-refractivity contribution in [2.75, 3.05) is 29.6 Å². The molecule has 0 saturated carbocycles. The second-order valence-corrected chi connectivity index (χ2v) is 8.08. The Bertz CT molecular complexity index is 1030. The fourth-order valence-electron chi connectivity index (χ4n) is 3.29. The Kier molecular flexibility index (Phi) is 6.75. The lowest BCUT2D eigenvalue weighted by atomic mass is 9.94. The quantitative estimate of drug-likeness (QED) is 0.309. The minimum Gasteiger partial charge on any atom is -0.861 e. The largest absolute Gasteiger partial charge is 0.861 e. The lowest BCUT2D eigenvalue weighted by molar-refractivity contribution is -0.759. The highest BCUT2D eigenvalue weighted by atomic mass is 32.2. The Morgan fingerprint density at radius 2 is 2.03 bits per heavy atom. The average Bonchev–Trinajstić information content (AvgIpc) is 3.20. The van der Waals surface area contributed by atoms with Gasteiger partial charge in [0.05, 0.1) is 29.0 Å². The highest BCUT2D eigenvalue weighted by Crippen LogP contribution is 2.32. The van der Waals surface area contributed by atoms with Crippen LogP contribution in [0.1, 0.15) is 55.7 Å². The third kappa shape index (κ3) is 4.63. The first-order valence-corrected chi connectivity index (χ1v) is 10.6. The summed E-state index contributed by atoms with van der Waals surface area (Å²) in [5.41, 5.74) is 6.90. The van der Waals surface area contributed by atoms with Gasteiger partial charge in [-0.1, -0.05) is 25.6 Å². The number of piperidine rings is 1. The number of aliphatic imine (C=N–C) groups is 1. The zero-order valence-electron chi connectivity index (χ0n) is 16.8. The lowest BCUT2D eigenvalue weighted by Gasteiger charge is -2.17. The van der Waals surface area contributed by atoms with E-state index >= 15 is 0 Å². The van der Waals surface area contributed by atoms with E-state index in [1.165, 1.54) is 6.42 Å². The predicted octanol–water partition coefficient (Wildman–Crippen LogP) is 1.11. The van der Waals surface area contributed by atoms with E-state index in [9.17, 15) is 15.6 Å². The van der Waals surface area contributed by atoms with Crippen LogP contribution in [0.3, 0.4) is 0 Å². The lowest BCUT2D eigenvalue weighted by Crippen LogP contribution is -2.60. The second-order valence-electron chi connectivity index (χ2n) is 7.11. The number of pyridine rings is 1. The molecule has 2 aromatic rings. The maximum absolute atomic E-state index is 12.3. The Balaban J connectivity index is 1.76. The van der Waals surface area contributed by atoms with Crippen molar-refractivity contribution in [1.29, 1.82) is 10.5 Å². The van der Waals surface area contributed by atoms with E-state index in [1.54, 1.807) is 11.0 Å². The van der Waals surface area contributed by atoms with Gasteiger partial charge in [-0.2, -0.15) is 15.5 Å². The molecule has 1 fully saturated rings.